The van der Waals surface area contributed by atoms with Crippen molar-refractivity contribution in [3.05, 3.63) is 0 Å². The van der Waals surface area contributed by atoms with Gasteiger partial charge >= 0.3 is 0 Å². The smallest absolute Gasteiger partial charge is 0.0471 e. The Kier molecular flexibility index (Phi) is 9.44. The van der Waals surface area contributed by atoms with Crippen molar-refractivity contribution in [1.29, 1.82) is 0 Å². The van der Waals surface area contributed by atoms with Gasteiger partial charge in [-0.25, -0.2) is 0 Å². The van der Waals surface area contributed by atoms with Crippen LogP contribution in [0.15, 0.2) is 0 Å². The summed E-state index contributed by atoms with van der Waals surface area (Å²) in [6, 6.07) is 0. The number of rotatable bonds is 3. The Bertz CT molecular complexity index is 33.4. The van der Waals surface area contributed by atoms with E-state index in [1.54, 1.807) is 0 Å². The molecule has 0 aromatic heterocycles. The SMILES string of the molecule is CCCCC(C)C.O. The molecule has 0 spiro atoms. The van der Waals surface area contributed by atoms with Gasteiger partial charge in [0.25, 0.3) is 0 Å². The molecular weight excluding hydrogens is 100 g/mol. The lowest BCUT2D eigenvalue weighted by Gasteiger charge is -1.98. The fraction of sp³-hybridized carbons (Fsp3) is 1.00. The molecule has 0 fully saturated rings. The summed E-state index contributed by atoms with van der Waals surface area (Å²) in [7, 11) is 0. The summed E-state index contributed by atoms with van der Waals surface area (Å²) in [5, 5.41) is 0. The fourth-order valence-electron chi connectivity index (χ4n) is 0.612. The number of hydrogen-bond acceptors (Lipinski definition) is 0. The van der Waals surface area contributed by atoms with Gasteiger partial charge in [0, 0.05) is 0 Å². The van der Waals surface area contributed by atoms with Crippen LogP contribution in [0.3, 0.4) is 0 Å². The van der Waals surface area contributed by atoms with E-state index in [1.807, 2.05) is 0 Å². The maximum atomic E-state index is 2.27. The summed E-state index contributed by atoms with van der Waals surface area (Å²) in [4.78, 5) is 0. The summed E-state index contributed by atoms with van der Waals surface area (Å²) in [5.41, 5.74) is 0. The summed E-state index contributed by atoms with van der Waals surface area (Å²) < 4.78 is 0. The Morgan fingerprint density at radius 2 is 1.75 bits per heavy atom. The monoisotopic (exact) mass is 118 g/mol. The van der Waals surface area contributed by atoms with E-state index in [0.717, 1.165) is 5.92 Å². The zero-order valence-corrected chi connectivity index (χ0v) is 6.20. The second-order valence-corrected chi connectivity index (χ2v) is 2.54. The normalized spacial score (nSPS) is 9.00. The lowest BCUT2D eigenvalue weighted by Crippen LogP contribution is -1.83. The zero-order valence-electron chi connectivity index (χ0n) is 6.20. The first-order valence-electron chi connectivity index (χ1n) is 3.27. The second kappa shape index (κ2) is 6.96. The molecule has 0 radical (unpaired) electrons. The van der Waals surface area contributed by atoms with Crippen LogP contribution in [0.1, 0.15) is 40.0 Å². The molecule has 0 rings (SSSR count). The Balaban J connectivity index is 0. The average Bonchev–Trinajstić information content (AvgIpc) is 1.61. The molecule has 0 aliphatic carbocycles. The van der Waals surface area contributed by atoms with Crippen molar-refractivity contribution in [1.82, 2.24) is 0 Å². The van der Waals surface area contributed by atoms with E-state index in [9.17, 15) is 0 Å². The molecule has 8 heavy (non-hydrogen) atoms. The third kappa shape index (κ3) is 9.35. The van der Waals surface area contributed by atoms with Gasteiger partial charge in [-0.05, 0) is 5.92 Å². The van der Waals surface area contributed by atoms with Crippen LogP contribution in [-0.4, -0.2) is 5.48 Å². The van der Waals surface area contributed by atoms with Gasteiger partial charge in [-0.15, -0.1) is 0 Å². The van der Waals surface area contributed by atoms with Crippen molar-refractivity contribution >= 4 is 0 Å². The van der Waals surface area contributed by atoms with Gasteiger partial charge < -0.3 is 5.48 Å². The van der Waals surface area contributed by atoms with Gasteiger partial charge in [0.05, 0.1) is 0 Å². The van der Waals surface area contributed by atoms with E-state index in [0.29, 0.717) is 0 Å². The third-order valence-corrected chi connectivity index (χ3v) is 1.14. The Morgan fingerprint density at radius 1 is 1.25 bits per heavy atom. The quantitative estimate of drug-likeness (QED) is 0.543. The Labute approximate surface area is 52.4 Å². The van der Waals surface area contributed by atoms with Gasteiger partial charge in [0.15, 0.2) is 0 Å². The van der Waals surface area contributed by atoms with Gasteiger partial charge in [-0.1, -0.05) is 40.0 Å². The lowest BCUT2D eigenvalue weighted by molar-refractivity contribution is 0.550. The molecule has 0 aromatic carbocycles. The van der Waals surface area contributed by atoms with Crippen LogP contribution in [0.4, 0.5) is 0 Å². The minimum Gasteiger partial charge on any atom is -0.412 e. The molecule has 0 atom stereocenters. The molecule has 0 saturated heterocycles. The van der Waals surface area contributed by atoms with Crippen molar-refractivity contribution in [2.75, 3.05) is 0 Å². The summed E-state index contributed by atoms with van der Waals surface area (Å²) in [6.07, 6.45) is 4.15. The largest absolute Gasteiger partial charge is 0.412 e. The fourth-order valence-corrected chi connectivity index (χ4v) is 0.612. The molecule has 0 bridgehead atoms. The van der Waals surface area contributed by atoms with Crippen LogP contribution >= 0.6 is 0 Å². The third-order valence-electron chi connectivity index (χ3n) is 1.14. The van der Waals surface area contributed by atoms with Gasteiger partial charge in [-0.3, -0.25) is 0 Å². The van der Waals surface area contributed by atoms with E-state index < -0.39 is 0 Å². The molecule has 0 aliphatic heterocycles. The topological polar surface area (TPSA) is 31.5 Å². The minimum atomic E-state index is 0. The van der Waals surface area contributed by atoms with E-state index in [-0.39, 0.29) is 5.48 Å². The van der Waals surface area contributed by atoms with Gasteiger partial charge in [0.1, 0.15) is 0 Å². The molecule has 1 heteroatoms. The van der Waals surface area contributed by atoms with E-state index in [1.165, 1.54) is 19.3 Å². The highest BCUT2D eigenvalue weighted by molar-refractivity contribution is 4.42. The van der Waals surface area contributed by atoms with E-state index >= 15 is 0 Å². The van der Waals surface area contributed by atoms with Crippen LogP contribution in [0.5, 0.6) is 0 Å². The first-order chi connectivity index (χ1) is 3.27. The highest BCUT2D eigenvalue weighted by Gasteiger charge is 1.88. The van der Waals surface area contributed by atoms with E-state index in [2.05, 4.69) is 20.8 Å². The van der Waals surface area contributed by atoms with Crippen LogP contribution in [0.25, 0.3) is 0 Å². The van der Waals surface area contributed by atoms with E-state index in [4.69, 9.17) is 0 Å². The van der Waals surface area contributed by atoms with Crippen molar-refractivity contribution in [2.24, 2.45) is 5.92 Å². The predicted octanol–water partition coefficient (Wildman–Crippen LogP) is 2.01. The molecule has 0 aromatic rings. The summed E-state index contributed by atoms with van der Waals surface area (Å²) in [5.74, 6) is 0.903. The zero-order chi connectivity index (χ0) is 5.70. The molecule has 0 aliphatic rings. The maximum Gasteiger partial charge on any atom is -0.0471 e. The van der Waals surface area contributed by atoms with Crippen LogP contribution in [-0.2, 0) is 0 Å². The van der Waals surface area contributed by atoms with Crippen molar-refractivity contribution in [3.8, 4) is 0 Å². The summed E-state index contributed by atoms with van der Waals surface area (Å²) in [6.45, 7) is 6.79. The number of hydrogen-bond donors (Lipinski definition) is 0. The highest BCUT2D eigenvalue weighted by Crippen LogP contribution is 2.04. The molecule has 0 unspecified atom stereocenters. The molecule has 0 heterocycles. The average molecular weight is 118 g/mol. The maximum absolute atomic E-state index is 2.27. The second-order valence-electron chi connectivity index (χ2n) is 2.54. The Hall–Kier alpha value is -0.0400. The molecule has 52 valence electrons. The molecule has 0 amide bonds. The predicted molar refractivity (Wildman–Crippen MR) is 38.0 cm³/mol. The standard InChI is InChI=1S/C7H16.H2O/c1-4-5-6-7(2)3;/h7H,4-6H2,1-3H3;1H2. The Morgan fingerprint density at radius 3 is 1.88 bits per heavy atom. The van der Waals surface area contributed by atoms with Crippen LogP contribution in [0, 0.1) is 5.92 Å². The highest BCUT2D eigenvalue weighted by atomic mass is 16.0. The van der Waals surface area contributed by atoms with Crippen molar-refractivity contribution in [3.63, 3.8) is 0 Å². The summed E-state index contributed by atoms with van der Waals surface area (Å²) >= 11 is 0. The number of unbranched alkanes of at least 4 members (excludes halogenated alkanes) is 1. The molecule has 0 saturated carbocycles. The molecule has 1 nitrogen and oxygen atoms in total. The van der Waals surface area contributed by atoms with Crippen LogP contribution in [0.2, 0.25) is 0 Å². The lowest BCUT2D eigenvalue weighted by atomic mass is 10.1. The minimum absolute atomic E-state index is 0. The van der Waals surface area contributed by atoms with Crippen molar-refractivity contribution in [2.45, 2.75) is 40.0 Å². The van der Waals surface area contributed by atoms with Crippen LogP contribution < -0.4 is 0 Å². The molecule has 2 N–H and O–H groups in total. The molecular formula is C7H18O. The first kappa shape index (κ1) is 10.9. The first-order valence-corrected chi connectivity index (χ1v) is 3.27. The van der Waals surface area contributed by atoms with Crippen molar-refractivity contribution < 1.29 is 5.48 Å². The van der Waals surface area contributed by atoms with Gasteiger partial charge in [0.2, 0.25) is 0 Å². The van der Waals surface area contributed by atoms with Gasteiger partial charge in [-0.2, -0.15) is 0 Å².